The summed E-state index contributed by atoms with van der Waals surface area (Å²) < 4.78 is 31.3. The highest BCUT2D eigenvalue weighted by Gasteiger charge is 2.19. The fraction of sp³-hybridized carbons (Fsp3) is 0.0526. The number of anilines is 2. The molecule has 148 valence electrons. The van der Waals surface area contributed by atoms with Crippen molar-refractivity contribution in [1.29, 1.82) is 0 Å². The summed E-state index contributed by atoms with van der Waals surface area (Å²) in [6.07, 6.45) is 3.81. The molecular weight excluding hydrogens is 437 g/mol. The lowest BCUT2D eigenvalue weighted by Gasteiger charge is -2.09. The van der Waals surface area contributed by atoms with E-state index in [1.54, 1.807) is 36.4 Å². The van der Waals surface area contributed by atoms with Crippen LogP contribution in [-0.2, 0) is 10.0 Å². The van der Waals surface area contributed by atoms with Gasteiger partial charge < -0.3 is 9.73 Å². The first-order valence-corrected chi connectivity index (χ1v) is 10.9. The van der Waals surface area contributed by atoms with Gasteiger partial charge in [0, 0.05) is 28.9 Å². The van der Waals surface area contributed by atoms with Crippen LogP contribution in [0.25, 0.3) is 21.9 Å². The summed E-state index contributed by atoms with van der Waals surface area (Å²) in [6, 6.07) is 9.88. The number of hydrogen-bond acceptors (Lipinski definition) is 5. The molecule has 0 aliphatic rings. The van der Waals surface area contributed by atoms with Gasteiger partial charge in [0.2, 0.25) is 10.0 Å². The Morgan fingerprint density at radius 2 is 1.79 bits per heavy atom. The lowest BCUT2D eigenvalue weighted by atomic mass is 10.1. The number of furan rings is 1. The van der Waals surface area contributed by atoms with Crippen LogP contribution in [0, 0.1) is 0 Å². The standard InChI is InChI=1S/C19H13Cl2N3O4S/c1-29(26,27)24-10-5-6-15-12(7-10)17-11(3-2-4-16(17)28-15)19(25)23-18-13(20)8-22-9-14(18)21/h2-9,24H,1H3,(H,22,23,25). The van der Waals surface area contributed by atoms with E-state index in [1.807, 2.05) is 0 Å². The average molecular weight is 450 g/mol. The average Bonchev–Trinajstić information content (AvgIpc) is 3.01. The minimum Gasteiger partial charge on any atom is -0.456 e. The molecule has 2 heterocycles. The summed E-state index contributed by atoms with van der Waals surface area (Å²) in [5.74, 6) is -0.449. The van der Waals surface area contributed by atoms with Crippen LogP contribution in [0.15, 0.2) is 53.2 Å². The minimum absolute atomic E-state index is 0.203. The molecule has 1 amide bonds. The van der Waals surface area contributed by atoms with Crippen LogP contribution < -0.4 is 10.0 Å². The number of benzene rings is 2. The lowest BCUT2D eigenvalue weighted by molar-refractivity contribution is 0.102. The molecular formula is C19H13Cl2N3O4S. The molecule has 0 saturated carbocycles. The molecule has 2 aromatic carbocycles. The fourth-order valence-electron chi connectivity index (χ4n) is 3.01. The second-order valence-electron chi connectivity index (χ2n) is 6.30. The molecule has 2 aromatic heterocycles. The fourth-order valence-corrected chi connectivity index (χ4v) is 4.02. The van der Waals surface area contributed by atoms with Crippen molar-refractivity contribution in [2.45, 2.75) is 0 Å². The van der Waals surface area contributed by atoms with E-state index in [0.29, 0.717) is 33.2 Å². The van der Waals surface area contributed by atoms with Crippen LogP contribution in [0.4, 0.5) is 11.4 Å². The van der Waals surface area contributed by atoms with Crippen molar-refractivity contribution in [1.82, 2.24) is 4.98 Å². The summed E-state index contributed by atoms with van der Waals surface area (Å²) in [7, 11) is -3.45. The maximum Gasteiger partial charge on any atom is 0.256 e. The largest absolute Gasteiger partial charge is 0.456 e. The van der Waals surface area contributed by atoms with Gasteiger partial charge in [-0.05, 0) is 30.3 Å². The van der Waals surface area contributed by atoms with E-state index in [9.17, 15) is 13.2 Å². The zero-order valence-electron chi connectivity index (χ0n) is 14.9. The topological polar surface area (TPSA) is 101 Å². The van der Waals surface area contributed by atoms with Gasteiger partial charge >= 0.3 is 0 Å². The van der Waals surface area contributed by atoms with E-state index in [1.165, 1.54) is 12.4 Å². The maximum absolute atomic E-state index is 13.0. The zero-order chi connectivity index (χ0) is 20.8. The number of aromatic nitrogens is 1. The number of carbonyl (C=O) groups excluding carboxylic acids is 1. The van der Waals surface area contributed by atoms with Crippen LogP contribution in [0.3, 0.4) is 0 Å². The Morgan fingerprint density at radius 3 is 2.48 bits per heavy atom. The number of amides is 1. The number of sulfonamides is 1. The predicted molar refractivity (Wildman–Crippen MR) is 114 cm³/mol. The van der Waals surface area contributed by atoms with Gasteiger partial charge in [0.1, 0.15) is 11.2 Å². The molecule has 0 spiro atoms. The molecule has 10 heteroatoms. The number of nitrogens with one attached hydrogen (secondary N) is 2. The first kappa shape index (κ1) is 19.5. The van der Waals surface area contributed by atoms with Crippen LogP contribution >= 0.6 is 23.2 Å². The van der Waals surface area contributed by atoms with Crippen molar-refractivity contribution in [2.75, 3.05) is 16.3 Å². The van der Waals surface area contributed by atoms with E-state index in [4.69, 9.17) is 27.6 Å². The van der Waals surface area contributed by atoms with Crippen LogP contribution in [0.2, 0.25) is 10.0 Å². The number of pyridine rings is 1. The predicted octanol–water partition coefficient (Wildman–Crippen LogP) is 4.91. The molecule has 0 atom stereocenters. The maximum atomic E-state index is 13.0. The highest BCUT2D eigenvalue weighted by atomic mass is 35.5. The molecule has 0 aliphatic carbocycles. The SMILES string of the molecule is CS(=O)(=O)Nc1ccc2oc3cccc(C(=O)Nc4c(Cl)cncc4Cl)c3c2c1. The van der Waals surface area contributed by atoms with Gasteiger partial charge in [0.15, 0.2) is 0 Å². The van der Waals surface area contributed by atoms with Crippen LogP contribution in [0.5, 0.6) is 0 Å². The summed E-state index contributed by atoms with van der Waals surface area (Å²) in [6.45, 7) is 0. The molecule has 0 aliphatic heterocycles. The molecule has 4 rings (SSSR count). The van der Waals surface area contributed by atoms with Crippen LogP contribution in [0.1, 0.15) is 10.4 Å². The first-order valence-electron chi connectivity index (χ1n) is 8.26. The third-order valence-corrected chi connectivity index (χ3v) is 5.31. The summed E-state index contributed by atoms with van der Waals surface area (Å²) in [5, 5.41) is 4.23. The molecule has 0 saturated heterocycles. The Morgan fingerprint density at radius 1 is 1.07 bits per heavy atom. The van der Waals surface area contributed by atoms with E-state index in [2.05, 4.69) is 15.0 Å². The van der Waals surface area contributed by atoms with Crippen molar-refractivity contribution in [2.24, 2.45) is 0 Å². The van der Waals surface area contributed by atoms with E-state index < -0.39 is 15.9 Å². The molecule has 7 nitrogen and oxygen atoms in total. The van der Waals surface area contributed by atoms with Crippen molar-refractivity contribution in [3.8, 4) is 0 Å². The number of carbonyl (C=O) groups is 1. The van der Waals surface area contributed by atoms with Gasteiger partial charge in [0.25, 0.3) is 5.91 Å². The quantitative estimate of drug-likeness (QED) is 0.460. The number of fused-ring (bicyclic) bond motifs is 3. The highest BCUT2D eigenvalue weighted by Crippen LogP contribution is 2.35. The number of halogens is 2. The van der Waals surface area contributed by atoms with Gasteiger partial charge in [-0.3, -0.25) is 14.5 Å². The van der Waals surface area contributed by atoms with E-state index >= 15 is 0 Å². The first-order chi connectivity index (χ1) is 13.7. The third kappa shape index (κ3) is 3.87. The van der Waals surface area contributed by atoms with Crippen molar-refractivity contribution in [3.05, 3.63) is 64.4 Å². The number of rotatable bonds is 4. The second kappa shape index (κ2) is 7.22. The van der Waals surface area contributed by atoms with Gasteiger partial charge in [-0.25, -0.2) is 8.42 Å². The Labute approximate surface area is 175 Å². The minimum atomic E-state index is -3.45. The summed E-state index contributed by atoms with van der Waals surface area (Å²) >= 11 is 12.2. The number of hydrogen-bond donors (Lipinski definition) is 2. The van der Waals surface area contributed by atoms with Crippen molar-refractivity contribution < 1.29 is 17.6 Å². The van der Waals surface area contributed by atoms with Crippen molar-refractivity contribution in [3.63, 3.8) is 0 Å². The molecule has 0 unspecified atom stereocenters. The Kier molecular flexibility index (Phi) is 4.85. The second-order valence-corrected chi connectivity index (χ2v) is 8.86. The third-order valence-electron chi connectivity index (χ3n) is 4.13. The molecule has 4 aromatic rings. The Hall–Kier alpha value is -2.81. The zero-order valence-corrected chi connectivity index (χ0v) is 17.2. The van der Waals surface area contributed by atoms with E-state index in [-0.39, 0.29) is 15.7 Å². The molecule has 29 heavy (non-hydrogen) atoms. The molecule has 0 fully saturated rings. The van der Waals surface area contributed by atoms with E-state index in [0.717, 1.165) is 6.26 Å². The molecule has 0 radical (unpaired) electrons. The summed E-state index contributed by atoms with van der Waals surface area (Å²) in [5.41, 5.74) is 1.92. The molecule has 0 bridgehead atoms. The molecule has 2 N–H and O–H groups in total. The lowest BCUT2D eigenvalue weighted by Crippen LogP contribution is -2.13. The Balaban J connectivity index is 1.85. The summed E-state index contributed by atoms with van der Waals surface area (Å²) in [4.78, 5) is 16.8. The van der Waals surface area contributed by atoms with Gasteiger partial charge in [0.05, 0.1) is 27.6 Å². The van der Waals surface area contributed by atoms with Gasteiger partial charge in [-0.15, -0.1) is 0 Å². The van der Waals surface area contributed by atoms with Crippen LogP contribution in [-0.4, -0.2) is 25.6 Å². The van der Waals surface area contributed by atoms with Gasteiger partial charge in [-0.1, -0.05) is 29.3 Å². The normalized spacial score (nSPS) is 11.7. The Bertz CT molecular complexity index is 1360. The van der Waals surface area contributed by atoms with Crippen molar-refractivity contribution >= 4 is 72.4 Å². The monoisotopic (exact) mass is 449 g/mol. The van der Waals surface area contributed by atoms with Gasteiger partial charge in [-0.2, -0.15) is 0 Å². The highest BCUT2D eigenvalue weighted by molar-refractivity contribution is 7.92. The number of nitrogens with zero attached hydrogens (tertiary/aromatic N) is 1. The smallest absolute Gasteiger partial charge is 0.256 e.